The van der Waals surface area contributed by atoms with E-state index < -0.39 is 0 Å². The maximum Gasteiger partial charge on any atom is 0.112 e. The van der Waals surface area contributed by atoms with Crippen molar-refractivity contribution in [1.29, 1.82) is 0 Å². The number of piperidine rings is 1. The summed E-state index contributed by atoms with van der Waals surface area (Å²) >= 11 is 1.76. The average Bonchev–Trinajstić information content (AvgIpc) is 2.76. The van der Waals surface area contributed by atoms with E-state index >= 15 is 0 Å². The molecule has 1 aliphatic heterocycles. The summed E-state index contributed by atoms with van der Waals surface area (Å²) in [5.74, 6) is 0.816. The average molecular weight is 253 g/mol. The first-order valence-electron chi connectivity index (χ1n) is 6.46. The second kappa shape index (κ2) is 5.46. The Morgan fingerprint density at radius 2 is 2.18 bits per heavy atom. The highest BCUT2D eigenvalue weighted by Gasteiger charge is 2.25. The van der Waals surface area contributed by atoms with Gasteiger partial charge in [0.05, 0.1) is 5.54 Å². The fourth-order valence-electron chi connectivity index (χ4n) is 2.20. The molecule has 1 fully saturated rings. The van der Waals surface area contributed by atoms with Gasteiger partial charge in [-0.25, -0.2) is 4.98 Å². The van der Waals surface area contributed by atoms with E-state index in [4.69, 9.17) is 0 Å². The minimum absolute atomic E-state index is 0.00377. The first-order valence-corrected chi connectivity index (χ1v) is 7.34. The van der Waals surface area contributed by atoms with Crippen molar-refractivity contribution in [2.24, 2.45) is 5.92 Å². The van der Waals surface area contributed by atoms with Crippen molar-refractivity contribution in [1.82, 2.24) is 15.6 Å². The van der Waals surface area contributed by atoms with Crippen LogP contribution in [0.25, 0.3) is 0 Å². The summed E-state index contributed by atoms with van der Waals surface area (Å²) in [4.78, 5) is 4.59. The van der Waals surface area contributed by atoms with Crippen molar-refractivity contribution in [3.8, 4) is 0 Å². The molecule has 3 nitrogen and oxygen atoms in total. The largest absolute Gasteiger partial charge is 0.317 e. The molecule has 2 heterocycles. The predicted molar refractivity (Wildman–Crippen MR) is 73.5 cm³/mol. The Balaban J connectivity index is 1.88. The van der Waals surface area contributed by atoms with Gasteiger partial charge in [-0.2, -0.15) is 0 Å². The van der Waals surface area contributed by atoms with Crippen LogP contribution in [0.15, 0.2) is 5.38 Å². The van der Waals surface area contributed by atoms with Gasteiger partial charge in [0.1, 0.15) is 5.01 Å². The topological polar surface area (TPSA) is 37.0 Å². The second-order valence-electron chi connectivity index (χ2n) is 5.49. The van der Waals surface area contributed by atoms with Crippen molar-refractivity contribution in [2.75, 3.05) is 19.6 Å². The Morgan fingerprint density at radius 3 is 2.76 bits per heavy atom. The van der Waals surface area contributed by atoms with E-state index in [1.54, 1.807) is 11.3 Å². The first-order chi connectivity index (χ1) is 8.08. The lowest BCUT2D eigenvalue weighted by atomic mass is 9.96. The number of hydrogen-bond acceptors (Lipinski definition) is 4. The molecule has 4 heteroatoms. The van der Waals surface area contributed by atoms with Crippen LogP contribution in [0.2, 0.25) is 0 Å². The van der Waals surface area contributed by atoms with Crippen LogP contribution >= 0.6 is 11.3 Å². The zero-order chi connectivity index (χ0) is 12.3. The molecular weight excluding hydrogens is 230 g/mol. The Hall–Kier alpha value is -0.450. The van der Waals surface area contributed by atoms with Crippen LogP contribution in [-0.4, -0.2) is 24.6 Å². The molecule has 1 aromatic heterocycles. The van der Waals surface area contributed by atoms with E-state index in [0.29, 0.717) is 0 Å². The van der Waals surface area contributed by atoms with E-state index in [1.165, 1.54) is 30.9 Å². The third kappa shape index (κ3) is 3.50. The van der Waals surface area contributed by atoms with Gasteiger partial charge in [-0.1, -0.05) is 0 Å². The van der Waals surface area contributed by atoms with E-state index in [-0.39, 0.29) is 5.54 Å². The monoisotopic (exact) mass is 253 g/mol. The molecule has 2 rings (SSSR count). The molecule has 1 saturated heterocycles. The summed E-state index contributed by atoms with van der Waals surface area (Å²) in [6, 6.07) is 0. The second-order valence-corrected chi connectivity index (χ2v) is 6.35. The predicted octanol–water partition coefficient (Wildman–Crippen LogP) is 2.28. The molecule has 96 valence electrons. The van der Waals surface area contributed by atoms with E-state index in [9.17, 15) is 0 Å². The van der Waals surface area contributed by atoms with Crippen molar-refractivity contribution >= 4 is 11.3 Å². The Bertz CT molecular complexity index is 353. The molecule has 1 aromatic rings. The van der Waals surface area contributed by atoms with E-state index in [0.717, 1.165) is 18.2 Å². The summed E-state index contributed by atoms with van der Waals surface area (Å²) in [6.07, 6.45) is 2.58. The van der Waals surface area contributed by atoms with Gasteiger partial charge in [0.2, 0.25) is 0 Å². The van der Waals surface area contributed by atoms with Crippen molar-refractivity contribution in [3.63, 3.8) is 0 Å². The van der Waals surface area contributed by atoms with Gasteiger partial charge >= 0.3 is 0 Å². The minimum atomic E-state index is 0.00377. The molecule has 17 heavy (non-hydrogen) atoms. The van der Waals surface area contributed by atoms with Gasteiger partial charge in [-0.15, -0.1) is 11.3 Å². The SMILES string of the molecule is Cc1csc(C(C)(C)NCC2CCNCC2)n1. The number of nitrogens with zero attached hydrogens (tertiary/aromatic N) is 1. The first kappa shape index (κ1) is 13.0. The molecule has 0 atom stereocenters. The molecule has 0 bridgehead atoms. The molecular formula is C13H23N3S. The normalized spacial score (nSPS) is 18.5. The third-order valence-electron chi connectivity index (χ3n) is 3.45. The zero-order valence-electron chi connectivity index (χ0n) is 11.0. The number of rotatable bonds is 4. The van der Waals surface area contributed by atoms with Gasteiger partial charge in [0.25, 0.3) is 0 Å². The van der Waals surface area contributed by atoms with Crippen LogP contribution in [0, 0.1) is 12.8 Å². The molecule has 0 aromatic carbocycles. The quantitative estimate of drug-likeness (QED) is 0.864. The van der Waals surface area contributed by atoms with Gasteiger partial charge in [-0.3, -0.25) is 0 Å². The summed E-state index contributed by atoms with van der Waals surface area (Å²) < 4.78 is 0. The summed E-state index contributed by atoms with van der Waals surface area (Å²) in [5.41, 5.74) is 1.13. The highest BCUT2D eigenvalue weighted by Crippen LogP contribution is 2.24. The number of hydrogen-bond donors (Lipinski definition) is 2. The van der Waals surface area contributed by atoms with Crippen LogP contribution < -0.4 is 10.6 Å². The molecule has 0 unspecified atom stereocenters. The van der Waals surface area contributed by atoms with Crippen LogP contribution in [0.4, 0.5) is 0 Å². The molecule has 2 N–H and O–H groups in total. The Labute approximate surface area is 108 Å². The Morgan fingerprint density at radius 1 is 1.47 bits per heavy atom. The van der Waals surface area contributed by atoms with Crippen molar-refractivity contribution in [2.45, 2.75) is 39.2 Å². The Kier molecular flexibility index (Phi) is 4.17. The number of aromatic nitrogens is 1. The van der Waals surface area contributed by atoms with Crippen LogP contribution in [-0.2, 0) is 5.54 Å². The van der Waals surface area contributed by atoms with Crippen LogP contribution in [0.5, 0.6) is 0 Å². The van der Waals surface area contributed by atoms with Gasteiger partial charge < -0.3 is 10.6 Å². The lowest BCUT2D eigenvalue weighted by molar-refractivity contribution is 0.304. The van der Waals surface area contributed by atoms with Crippen LogP contribution in [0.1, 0.15) is 37.4 Å². The van der Waals surface area contributed by atoms with Gasteiger partial charge in [0.15, 0.2) is 0 Å². The molecule has 1 aliphatic rings. The van der Waals surface area contributed by atoms with E-state index in [1.807, 2.05) is 0 Å². The smallest absolute Gasteiger partial charge is 0.112 e. The molecule has 0 saturated carbocycles. The lowest BCUT2D eigenvalue weighted by Gasteiger charge is -2.29. The van der Waals surface area contributed by atoms with Crippen molar-refractivity contribution in [3.05, 3.63) is 16.1 Å². The van der Waals surface area contributed by atoms with Gasteiger partial charge in [-0.05, 0) is 59.2 Å². The van der Waals surface area contributed by atoms with E-state index in [2.05, 4.69) is 41.8 Å². The fraction of sp³-hybridized carbons (Fsp3) is 0.769. The molecule has 0 spiro atoms. The fourth-order valence-corrected chi connectivity index (χ4v) is 3.10. The van der Waals surface area contributed by atoms with Gasteiger partial charge in [0, 0.05) is 11.1 Å². The maximum absolute atomic E-state index is 4.59. The molecule has 0 aliphatic carbocycles. The summed E-state index contributed by atoms with van der Waals surface area (Å²) in [7, 11) is 0. The lowest BCUT2D eigenvalue weighted by Crippen LogP contribution is -2.42. The standard InChI is InChI=1S/C13H23N3S/c1-10-9-17-12(16-10)13(2,3)15-8-11-4-6-14-7-5-11/h9,11,14-15H,4-8H2,1-3H3. The highest BCUT2D eigenvalue weighted by molar-refractivity contribution is 7.09. The summed E-state index contributed by atoms with van der Waals surface area (Å²) in [5, 5.41) is 10.4. The molecule has 0 amide bonds. The third-order valence-corrected chi connectivity index (χ3v) is 4.73. The van der Waals surface area contributed by atoms with Crippen molar-refractivity contribution < 1.29 is 0 Å². The number of nitrogens with one attached hydrogen (secondary N) is 2. The highest BCUT2D eigenvalue weighted by atomic mass is 32.1. The summed E-state index contributed by atoms with van der Waals surface area (Å²) in [6.45, 7) is 9.96. The maximum atomic E-state index is 4.59. The number of aryl methyl sites for hydroxylation is 1. The zero-order valence-corrected chi connectivity index (χ0v) is 11.9. The minimum Gasteiger partial charge on any atom is -0.317 e. The number of thiazole rings is 1. The van der Waals surface area contributed by atoms with Crippen LogP contribution in [0.3, 0.4) is 0 Å². The molecule has 0 radical (unpaired) electrons.